The zero-order chi connectivity index (χ0) is 14.0. The number of nitrogens with one attached hydrogen (secondary N) is 1. The van der Waals surface area contributed by atoms with E-state index in [0.29, 0.717) is 36.5 Å². The number of hydrogen-bond donors (Lipinski definition) is 2. The Morgan fingerprint density at radius 3 is 2.84 bits per heavy atom. The van der Waals surface area contributed by atoms with Gasteiger partial charge in [-0.05, 0) is 25.3 Å². The molecule has 0 radical (unpaired) electrons. The summed E-state index contributed by atoms with van der Waals surface area (Å²) in [6.07, 6.45) is 3.40. The van der Waals surface area contributed by atoms with Crippen molar-refractivity contribution in [1.82, 2.24) is 9.88 Å². The molecule has 1 amide bonds. The number of carbonyl (C=O) groups excluding carboxylic acids is 1. The molecule has 2 heterocycles. The predicted octanol–water partition coefficient (Wildman–Crippen LogP) is 2.39. The van der Waals surface area contributed by atoms with Gasteiger partial charge < -0.3 is 15.0 Å². The average molecular weight is 285 g/mol. The summed E-state index contributed by atoms with van der Waals surface area (Å²) in [5, 5.41) is 9.87. The van der Waals surface area contributed by atoms with Crippen molar-refractivity contribution < 1.29 is 14.7 Å². The minimum Gasteiger partial charge on any atom is -0.481 e. The molecule has 1 fully saturated rings. The van der Waals surface area contributed by atoms with Crippen LogP contribution in [0, 0.1) is 5.41 Å². The van der Waals surface area contributed by atoms with Crippen LogP contribution in [0.4, 0.5) is 0 Å². The van der Waals surface area contributed by atoms with Crippen molar-refractivity contribution in [1.29, 1.82) is 0 Å². The fraction of sp³-hybridized carbons (Fsp3) is 0.538. The number of likely N-dealkylation sites (tertiary alicyclic amines) is 1. The van der Waals surface area contributed by atoms with E-state index in [1.54, 1.807) is 17.2 Å². The van der Waals surface area contributed by atoms with Gasteiger partial charge in [0.2, 0.25) is 0 Å². The van der Waals surface area contributed by atoms with E-state index in [2.05, 4.69) is 4.98 Å². The summed E-state index contributed by atoms with van der Waals surface area (Å²) in [7, 11) is 0. The molecule has 1 aliphatic heterocycles. The Kier molecular flexibility index (Phi) is 3.85. The lowest BCUT2D eigenvalue weighted by atomic mass is 9.77. The summed E-state index contributed by atoms with van der Waals surface area (Å²) in [5.41, 5.74) is -0.410. The lowest BCUT2D eigenvalue weighted by Gasteiger charge is -2.39. The SMILES string of the molecule is CCC1(C(=O)O)CCCN(C(=O)c2cc(Cl)c[nH]2)C1. The second kappa shape index (κ2) is 5.25. The lowest BCUT2D eigenvalue weighted by molar-refractivity contribution is -0.152. The number of nitrogens with zero attached hydrogens (tertiary/aromatic N) is 1. The summed E-state index contributed by atoms with van der Waals surface area (Å²) >= 11 is 5.78. The quantitative estimate of drug-likeness (QED) is 0.895. The van der Waals surface area contributed by atoms with E-state index in [4.69, 9.17) is 11.6 Å². The van der Waals surface area contributed by atoms with Gasteiger partial charge in [0, 0.05) is 19.3 Å². The fourth-order valence-corrected chi connectivity index (χ4v) is 2.74. The van der Waals surface area contributed by atoms with Gasteiger partial charge in [0.15, 0.2) is 0 Å². The van der Waals surface area contributed by atoms with Crippen LogP contribution < -0.4 is 0 Å². The Morgan fingerprint density at radius 2 is 2.32 bits per heavy atom. The highest BCUT2D eigenvalue weighted by Gasteiger charge is 2.42. The van der Waals surface area contributed by atoms with Crippen molar-refractivity contribution in [2.24, 2.45) is 5.41 Å². The van der Waals surface area contributed by atoms with Crippen molar-refractivity contribution in [3.05, 3.63) is 23.0 Å². The van der Waals surface area contributed by atoms with Crippen molar-refractivity contribution in [2.75, 3.05) is 13.1 Å². The van der Waals surface area contributed by atoms with Gasteiger partial charge in [0.25, 0.3) is 5.91 Å². The van der Waals surface area contributed by atoms with Gasteiger partial charge in [-0.1, -0.05) is 18.5 Å². The van der Waals surface area contributed by atoms with E-state index < -0.39 is 11.4 Å². The van der Waals surface area contributed by atoms with E-state index in [1.807, 2.05) is 6.92 Å². The zero-order valence-corrected chi connectivity index (χ0v) is 11.5. The normalized spacial score (nSPS) is 23.4. The summed E-state index contributed by atoms with van der Waals surface area (Å²) in [4.78, 5) is 28.1. The molecule has 1 aromatic heterocycles. The number of halogens is 1. The smallest absolute Gasteiger partial charge is 0.311 e. The first-order valence-electron chi connectivity index (χ1n) is 6.35. The first-order valence-corrected chi connectivity index (χ1v) is 6.73. The Balaban J connectivity index is 2.17. The van der Waals surface area contributed by atoms with Crippen LogP contribution in [-0.4, -0.2) is 40.0 Å². The third kappa shape index (κ3) is 2.61. The molecule has 1 saturated heterocycles. The number of H-pyrrole nitrogens is 1. The second-order valence-corrected chi connectivity index (χ2v) is 5.44. The summed E-state index contributed by atoms with van der Waals surface area (Å²) in [5.74, 6) is -1.01. The van der Waals surface area contributed by atoms with Crippen molar-refractivity contribution in [3.63, 3.8) is 0 Å². The molecule has 0 saturated carbocycles. The molecule has 104 valence electrons. The molecule has 2 N–H and O–H groups in total. The molecule has 6 heteroatoms. The lowest BCUT2D eigenvalue weighted by Crippen LogP contribution is -2.49. The topological polar surface area (TPSA) is 73.4 Å². The molecule has 0 spiro atoms. The number of carbonyl (C=O) groups is 2. The minimum atomic E-state index is -0.822. The Bertz CT molecular complexity index is 500. The Hall–Kier alpha value is -1.49. The largest absolute Gasteiger partial charge is 0.481 e. The zero-order valence-electron chi connectivity index (χ0n) is 10.8. The van der Waals surface area contributed by atoms with Gasteiger partial charge in [-0.25, -0.2) is 0 Å². The highest BCUT2D eigenvalue weighted by atomic mass is 35.5. The summed E-state index contributed by atoms with van der Waals surface area (Å²) in [6.45, 7) is 2.70. The number of aromatic nitrogens is 1. The number of rotatable bonds is 3. The maximum atomic E-state index is 12.3. The minimum absolute atomic E-state index is 0.189. The van der Waals surface area contributed by atoms with Crippen LogP contribution in [0.3, 0.4) is 0 Å². The fourth-order valence-electron chi connectivity index (χ4n) is 2.58. The van der Waals surface area contributed by atoms with Gasteiger partial charge >= 0.3 is 5.97 Å². The molecule has 1 atom stereocenters. The number of carboxylic acid groups (broad SMARTS) is 1. The molecule has 19 heavy (non-hydrogen) atoms. The van der Waals surface area contributed by atoms with Crippen LogP contribution in [0.5, 0.6) is 0 Å². The van der Waals surface area contributed by atoms with Crippen LogP contribution in [0.25, 0.3) is 0 Å². The van der Waals surface area contributed by atoms with Crippen LogP contribution >= 0.6 is 11.6 Å². The van der Waals surface area contributed by atoms with E-state index in [-0.39, 0.29) is 12.5 Å². The number of piperidine rings is 1. The van der Waals surface area contributed by atoms with Crippen molar-refractivity contribution >= 4 is 23.5 Å². The number of amides is 1. The summed E-state index contributed by atoms with van der Waals surface area (Å²) < 4.78 is 0. The molecular formula is C13H17ClN2O3. The molecule has 1 unspecified atom stereocenters. The molecule has 0 bridgehead atoms. The molecule has 1 aromatic rings. The van der Waals surface area contributed by atoms with Gasteiger partial charge in [-0.2, -0.15) is 0 Å². The number of carboxylic acids is 1. The predicted molar refractivity (Wildman–Crippen MR) is 71.3 cm³/mol. The first kappa shape index (κ1) is 13.9. The van der Waals surface area contributed by atoms with Gasteiger partial charge in [0.05, 0.1) is 10.4 Å². The van der Waals surface area contributed by atoms with Crippen LogP contribution in [0.2, 0.25) is 5.02 Å². The molecule has 1 aliphatic rings. The van der Waals surface area contributed by atoms with Crippen LogP contribution in [0.15, 0.2) is 12.3 Å². The van der Waals surface area contributed by atoms with Crippen LogP contribution in [-0.2, 0) is 4.79 Å². The molecule has 5 nitrogen and oxygen atoms in total. The maximum Gasteiger partial charge on any atom is 0.311 e. The Labute approximate surface area is 116 Å². The van der Waals surface area contributed by atoms with E-state index in [1.165, 1.54) is 0 Å². The van der Waals surface area contributed by atoms with Crippen molar-refractivity contribution in [3.8, 4) is 0 Å². The van der Waals surface area contributed by atoms with Gasteiger partial charge in [-0.15, -0.1) is 0 Å². The highest BCUT2D eigenvalue weighted by molar-refractivity contribution is 6.30. The van der Waals surface area contributed by atoms with E-state index >= 15 is 0 Å². The molecule has 0 aromatic carbocycles. The molecule has 2 rings (SSSR count). The maximum absolute atomic E-state index is 12.3. The van der Waals surface area contributed by atoms with Crippen LogP contribution in [0.1, 0.15) is 36.7 Å². The third-order valence-electron chi connectivity index (χ3n) is 3.87. The first-order chi connectivity index (χ1) is 8.98. The van der Waals surface area contributed by atoms with Gasteiger partial charge in [-0.3, -0.25) is 9.59 Å². The average Bonchev–Trinajstić information content (AvgIpc) is 2.84. The van der Waals surface area contributed by atoms with Gasteiger partial charge in [0.1, 0.15) is 5.69 Å². The second-order valence-electron chi connectivity index (χ2n) is 5.00. The van der Waals surface area contributed by atoms with E-state index in [9.17, 15) is 14.7 Å². The molecule has 0 aliphatic carbocycles. The molecular weight excluding hydrogens is 268 g/mol. The van der Waals surface area contributed by atoms with Crippen molar-refractivity contribution in [2.45, 2.75) is 26.2 Å². The third-order valence-corrected chi connectivity index (χ3v) is 4.09. The number of aromatic amines is 1. The Morgan fingerprint density at radius 1 is 1.58 bits per heavy atom. The van der Waals surface area contributed by atoms with E-state index in [0.717, 1.165) is 0 Å². The highest BCUT2D eigenvalue weighted by Crippen LogP contribution is 2.34. The standard InChI is InChI=1S/C13H17ClN2O3/c1-2-13(12(18)19)4-3-5-16(8-13)11(17)10-6-9(14)7-15-10/h6-7,15H,2-5,8H2,1H3,(H,18,19). The number of hydrogen-bond acceptors (Lipinski definition) is 2. The monoisotopic (exact) mass is 284 g/mol. The summed E-state index contributed by atoms with van der Waals surface area (Å²) in [6, 6.07) is 1.56. The number of aliphatic carboxylic acids is 1.